The third-order valence-electron chi connectivity index (χ3n) is 2.95. The molecule has 4 nitrogen and oxygen atoms in total. The highest BCUT2D eigenvalue weighted by Crippen LogP contribution is 2.26. The quantitative estimate of drug-likeness (QED) is 0.738. The van der Waals surface area contributed by atoms with Gasteiger partial charge >= 0.3 is 0 Å². The predicted octanol–water partition coefficient (Wildman–Crippen LogP) is 2.66. The topological polar surface area (TPSA) is 32.6 Å². The van der Waals surface area contributed by atoms with Crippen LogP contribution in [0.1, 0.15) is 6.92 Å². The summed E-state index contributed by atoms with van der Waals surface area (Å²) in [5, 5.41) is 1.12. The molecule has 1 aromatic carbocycles. The van der Waals surface area contributed by atoms with Gasteiger partial charge in [-0.15, -0.1) is 0 Å². The van der Waals surface area contributed by atoms with Crippen LogP contribution in [0.15, 0.2) is 30.5 Å². The molecule has 2 aromatic rings. The Morgan fingerprint density at radius 1 is 1.17 bits per heavy atom. The smallest absolute Gasteiger partial charge is 0.174 e. The Morgan fingerprint density at radius 3 is 2.61 bits per heavy atom. The minimum atomic E-state index is -0.239. The van der Waals surface area contributed by atoms with Crippen molar-refractivity contribution in [3.63, 3.8) is 0 Å². The first kappa shape index (κ1) is 12.9. The molecule has 0 unspecified atom stereocenters. The minimum Gasteiger partial charge on any atom is -0.493 e. The summed E-state index contributed by atoms with van der Waals surface area (Å²) in [6, 6.07) is 8.11. The average Bonchev–Trinajstić information content (AvgIpc) is 2.80. The van der Waals surface area contributed by atoms with Gasteiger partial charge in [0.2, 0.25) is 0 Å². The van der Waals surface area contributed by atoms with Crippen LogP contribution in [0.25, 0.3) is 10.9 Å². The largest absolute Gasteiger partial charge is 0.493 e. The molecule has 0 N–H and O–H groups in total. The summed E-state index contributed by atoms with van der Waals surface area (Å²) in [4.78, 5) is 0. The van der Waals surface area contributed by atoms with Gasteiger partial charge < -0.3 is 18.8 Å². The van der Waals surface area contributed by atoms with E-state index >= 15 is 0 Å². The number of rotatable bonds is 6. The fourth-order valence-electron chi connectivity index (χ4n) is 2.04. The maximum Gasteiger partial charge on any atom is 0.174 e. The first-order valence-electron chi connectivity index (χ1n) is 6.06. The number of nitrogens with zero attached hydrogens (tertiary/aromatic N) is 1. The maximum atomic E-state index is 5.61. The molecule has 0 spiro atoms. The van der Waals surface area contributed by atoms with Gasteiger partial charge in [-0.2, -0.15) is 0 Å². The molecule has 0 aliphatic carbocycles. The normalized spacial score (nSPS) is 11.3. The molecule has 2 rings (SSSR count). The highest BCUT2D eigenvalue weighted by molar-refractivity contribution is 5.86. The molecule has 4 heteroatoms. The first-order valence-corrected chi connectivity index (χ1v) is 6.06. The average molecular weight is 249 g/mol. The van der Waals surface area contributed by atoms with Gasteiger partial charge in [0.1, 0.15) is 5.75 Å². The second-order valence-corrected chi connectivity index (χ2v) is 3.99. The molecule has 0 atom stereocenters. The van der Waals surface area contributed by atoms with Crippen molar-refractivity contribution in [3.8, 4) is 5.75 Å². The standard InChI is InChI=1S/C14H19NO3/c1-4-18-13-7-5-6-12-11(13)8-9-15(12)10-14(16-2)17-3/h5-9,14H,4,10H2,1-3H3. The minimum absolute atomic E-state index is 0.239. The number of benzene rings is 1. The van der Waals surface area contributed by atoms with Crippen molar-refractivity contribution in [1.82, 2.24) is 4.57 Å². The Balaban J connectivity index is 2.33. The summed E-state index contributed by atoms with van der Waals surface area (Å²) < 4.78 is 18.2. The van der Waals surface area contributed by atoms with Crippen LogP contribution >= 0.6 is 0 Å². The zero-order valence-corrected chi connectivity index (χ0v) is 11.1. The van der Waals surface area contributed by atoms with Gasteiger partial charge in [0.05, 0.1) is 18.7 Å². The molecule has 98 valence electrons. The molecule has 0 fully saturated rings. The van der Waals surface area contributed by atoms with Gasteiger partial charge in [-0.1, -0.05) is 6.07 Å². The van der Waals surface area contributed by atoms with E-state index in [4.69, 9.17) is 14.2 Å². The highest BCUT2D eigenvalue weighted by Gasteiger charge is 2.10. The molecule has 0 bridgehead atoms. The van der Waals surface area contributed by atoms with Crippen LogP contribution in [0, 0.1) is 0 Å². The van der Waals surface area contributed by atoms with Crippen LogP contribution in [0.4, 0.5) is 0 Å². The lowest BCUT2D eigenvalue weighted by molar-refractivity contribution is -0.110. The van der Waals surface area contributed by atoms with E-state index < -0.39 is 0 Å². The van der Waals surface area contributed by atoms with E-state index in [9.17, 15) is 0 Å². The molecule has 0 aliphatic heterocycles. The molecule has 18 heavy (non-hydrogen) atoms. The van der Waals surface area contributed by atoms with Crippen LogP contribution in [-0.4, -0.2) is 31.7 Å². The monoisotopic (exact) mass is 249 g/mol. The lowest BCUT2D eigenvalue weighted by Gasteiger charge is -2.15. The lowest BCUT2D eigenvalue weighted by atomic mass is 10.2. The van der Waals surface area contributed by atoms with Crippen molar-refractivity contribution in [3.05, 3.63) is 30.5 Å². The zero-order valence-electron chi connectivity index (χ0n) is 11.1. The van der Waals surface area contributed by atoms with Crippen molar-refractivity contribution in [1.29, 1.82) is 0 Å². The first-order chi connectivity index (χ1) is 8.80. The Bertz CT molecular complexity index is 503. The van der Waals surface area contributed by atoms with E-state index in [-0.39, 0.29) is 6.29 Å². The van der Waals surface area contributed by atoms with E-state index in [0.717, 1.165) is 16.7 Å². The Morgan fingerprint density at radius 2 is 1.94 bits per heavy atom. The van der Waals surface area contributed by atoms with Crippen LogP contribution in [-0.2, 0) is 16.0 Å². The third kappa shape index (κ3) is 2.49. The summed E-state index contributed by atoms with van der Waals surface area (Å²) in [5.41, 5.74) is 1.13. The van der Waals surface area contributed by atoms with E-state index in [2.05, 4.69) is 16.7 Å². The van der Waals surface area contributed by atoms with E-state index in [1.54, 1.807) is 14.2 Å². The SMILES string of the molecule is CCOc1cccc2c1ccn2CC(OC)OC. The number of hydrogen-bond acceptors (Lipinski definition) is 3. The molecule has 0 aliphatic rings. The second kappa shape index (κ2) is 5.89. The molecule has 1 aromatic heterocycles. The van der Waals surface area contributed by atoms with Crippen molar-refractivity contribution in [2.24, 2.45) is 0 Å². The van der Waals surface area contributed by atoms with Gasteiger partial charge in [0, 0.05) is 25.8 Å². The summed E-state index contributed by atoms with van der Waals surface area (Å²) in [5.74, 6) is 0.917. The number of ether oxygens (including phenoxy) is 3. The number of fused-ring (bicyclic) bond motifs is 1. The van der Waals surface area contributed by atoms with E-state index in [0.29, 0.717) is 13.2 Å². The van der Waals surface area contributed by atoms with Crippen molar-refractivity contribution in [2.75, 3.05) is 20.8 Å². The second-order valence-electron chi connectivity index (χ2n) is 3.99. The van der Waals surface area contributed by atoms with E-state index in [1.165, 1.54) is 0 Å². The number of methoxy groups -OCH3 is 2. The third-order valence-corrected chi connectivity index (χ3v) is 2.95. The lowest BCUT2D eigenvalue weighted by Crippen LogP contribution is -2.19. The number of hydrogen-bond donors (Lipinski definition) is 0. The van der Waals surface area contributed by atoms with Crippen molar-refractivity contribution < 1.29 is 14.2 Å². The Labute approximate surface area is 107 Å². The fourth-order valence-corrected chi connectivity index (χ4v) is 2.04. The highest BCUT2D eigenvalue weighted by atomic mass is 16.7. The maximum absolute atomic E-state index is 5.61. The predicted molar refractivity (Wildman–Crippen MR) is 70.9 cm³/mol. The zero-order chi connectivity index (χ0) is 13.0. The molecule has 0 radical (unpaired) electrons. The van der Waals surface area contributed by atoms with Crippen LogP contribution in [0.5, 0.6) is 5.75 Å². The van der Waals surface area contributed by atoms with Gasteiger partial charge in [-0.05, 0) is 25.1 Å². The fraction of sp³-hybridized carbons (Fsp3) is 0.429. The van der Waals surface area contributed by atoms with Crippen LogP contribution in [0.2, 0.25) is 0 Å². The molecule has 0 saturated heterocycles. The van der Waals surface area contributed by atoms with Gasteiger partial charge in [0.25, 0.3) is 0 Å². The van der Waals surface area contributed by atoms with Gasteiger partial charge in [-0.3, -0.25) is 0 Å². The van der Waals surface area contributed by atoms with Crippen molar-refractivity contribution >= 4 is 10.9 Å². The summed E-state index contributed by atoms with van der Waals surface area (Å²) in [7, 11) is 3.29. The van der Waals surface area contributed by atoms with Gasteiger partial charge in [-0.25, -0.2) is 0 Å². The Hall–Kier alpha value is -1.52. The Kier molecular flexibility index (Phi) is 4.23. The molecule has 0 amide bonds. The van der Waals surface area contributed by atoms with Crippen LogP contribution in [0.3, 0.4) is 0 Å². The molecule has 0 saturated carbocycles. The molecular formula is C14H19NO3. The summed E-state index contributed by atoms with van der Waals surface area (Å²) in [6.07, 6.45) is 1.79. The number of aromatic nitrogens is 1. The molecule has 1 heterocycles. The van der Waals surface area contributed by atoms with E-state index in [1.807, 2.05) is 25.3 Å². The van der Waals surface area contributed by atoms with Crippen LogP contribution < -0.4 is 4.74 Å². The van der Waals surface area contributed by atoms with Crippen molar-refractivity contribution in [2.45, 2.75) is 19.8 Å². The molecular weight excluding hydrogens is 230 g/mol. The summed E-state index contributed by atoms with van der Waals surface area (Å²) in [6.45, 7) is 3.32. The summed E-state index contributed by atoms with van der Waals surface area (Å²) >= 11 is 0. The van der Waals surface area contributed by atoms with Gasteiger partial charge in [0.15, 0.2) is 6.29 Å².